The van der Waals surface area contributed by atoms with Crippen molar-refractivity contribution in [3.8, 4) is 16.8 Å². The minimum atomic E-state index is 0.823. The van der Waals surface area contributed by atoms with Gasteiger partial charge in [0.05, 0.1) is 22.1 Å². The van der Waals surface area contributed by atoms with Gasteiger partial charge in [-0.25, -0.2) is 0 Å². The normalized spacial score (nSPS) is 12.1. The van der Waals surface area contributed by atoms with Gasteiger partial charge in [-0.1, -0.05) is 97.1 Å². The minimum Gasteiger partial charge on any atom is -0.456 e. The summed E-state index contributed by atoms with van der Waals surface area (Å²) < 4.78 is 21.6. The van der Waals surface area contributed by atoms with Gasteiger partial charge in [-0.15, -0.1) is 0 Å². The van der Waals surface area contributed by atoms with Crippen LogP contribution in [0.25, 0.3) is 104 Å². The molecule has 0 amide bonds. The molecule has 5 nitrogen and oxygen atoms in total. The van der Waals surface area contributed by atoms with E-state index in [0.717, 1.165) is 99.7 Å². The van der Waals surface area contributed by atoms with Crippen LogP contribution in [0.3, 0.4) is 0 Å². The molecule has 4 heterocycles. The smallest absolute Gasteiger partial charge is 0.137 e. The van der Waals surface area contributed by atoms with E-state index >= 15 is 0 Å². The van der Waals surface area contributed by atoms with Gasteiger partial charge in [-0.3, -0.25) is 0 Å². The molecule has 0 fully saturated rings. The highest BCUT2D eigenvalue weighted by Crippen LogP contribution is 2.45. The van der Waals surface area contributed by atoms with E-state index < -0.39 is 0 Å². The maximum atomic E-state index is 6.68. The summed E-state index contributed by atoms with van der Waals surface area (Å²) in [6, 6.07) is 68.4. The van der Waals surface area contributed by atoms with Crippen molar-refractivity contribution >= 4 is 105 Å². The fourth-order valence-corrected chi connectivity index (χ4v) is 9.31. The molecule has 0 radical (unpaired) electrons. The molecule has 0 atom stereocenters. The number of hydrogen-bond donors (Lipinski definition) is 0. The van der Waals surface area contributed by atoms with Gasteiger partial charge in [0.2, 0.25) is 0 Å². The molecule has 0 aliphatic heterocycles. The molecular formula is C54H32N2O3. The maximum Gasteiger partial charge on any atom is 0.137 e. The standard InChI is InChI=1S/C54H32N2O3/c1-5-14-45-38(10-1)39-11-2-6-15-46(39)56(45)36-26-29-51-44(31-36)41-27-25-37(32-53(41)59-51)55(47-16-9-19-52-54(47)42-13-4-8-18-49(42)58-52)35-23-20-33(21-24-35)34-22-28-50-43(30-34)40-12-3-7-17-48(40)57-50/h1-32H. The van der Waals surface area contributed by atoms with E-state index in [9.17, 15) is 0 Å². The summed E-state index contributed by atoms with van der Waals surface area (Å²) in [5.74, 6) is 0. The lowest BCUT2D eigenvalue weighted by Gasteiger charge is -2.26. The summed E-state index contributed by atoms with van der Waals surface area (Å²) in [6.07, 6.45) is 0. The molecule has 13 aromatic rings. The highest BCUT2D eigenvalue weighted by molar-refractivity contribution is 6.15. The fourth-order valence-electron chi connectivity index (χ4n) is 9.31. The Bertz CT molecular complexity index is 3750. The first-order valence-corrected chi connectivity index (χ1v) is 19.9. The van der Waals surface area contributed by atoms with Crippen LogP contribution in [0, 0.1) is 0 Å². The zero-order chi connectivity index (χ0) is 38.6. The van der Waals surface area contributed by atoms with Crippen LogP contribution in [0.2, 0.25) is 0 Å². The first-order valence-electron chi connectivity index (χ1n) is 19.9. The molecule has 0 aliphatic carbocycles. The summed E-state index contributed by atoms with van der Waals surface area (Å²) in [5, 5.41) is 8.99. The van der Waals surface area contributed by atoms with Gasteiger partial charge < -0.3 is 22.7 Å². The van der Waals surface area contributed by atoms with Crippen molar-refractivity contribution in [1.82, 2.24) is 4.57 Å². The lowest BCUT2D eigenvalue weighted by atomic mass is 10.0. The van der Waals surface area contributed by atoms with Crippen LogP contribution in [0.4, 0.5) is 17.1 Å². The number of fused-ring (bicyclic) bond motifs is 12. The van der Waals surface area contributed by atoms with Gasteiger partial charge in [-0.05, 0) is 102 Å². The van der Waals surface area contributed by atoms with Crippen molar-refractivity contribution in [3.05, 3.63) is 194 Å². The molecule has 5 heteroatoms. The number of nitrogens with zero attached hydrogens (tertiary/aromatic N) is 2. The van der Waals surface area contributed by atoms with Crippen molar-refractivity contribution in [2.24, 2.45) is 0 Å². The van der Waals surface area contributed by atoms with Crippen molar-refractivity contribution in [1.29, 1.82) is 0 Å². The van der Waals surface area contributed by atoms with Crippen molar-refractivity contribution in [2.75, 3.05) is 4.90 Å². The number of hydrogen-bond acceptors (Lipinski definition) is 4. The Morgan fingerprint density at radius 3 is 1.64 bits per heavy atom. The van der Waals surface area contributed by atoms with Gasteiger partial charge in [0.15, 0.2) is 0 Å². The Morgan fingerprint density at radius 1 is 0.322 bits per heavy atom. The summed E-state index contributed by atoms with van der Waals surface area (Å²) in [7, 11) is 0. The lowest BCUT2D eigenvalue weighted by molar-refractivity contribution is 0.668. The molecule has 0 bridgehead atoms. The summed E-state index contributed by atoms with van der Waals surface area (Å²) in [4.78, 5) is 2.32. The molecule has 59 heavy (non-hydrogen) atoms. The predicted molar refractivity (Wildman–Crippen MR) is 243 cm³/mol. The van der Waals surface area contributed by atoms with Gasteiger partial charge >= 0.3 is 0 Å². The number of rotatable bonds is 5. The van der Waals surface area contributed by atoms with E-state index in [1.54, 1.807) is 0 Å². The second-order valence-electron chi connectivity index (χ2n) is 15.3. The van der Waals surface area contributed by atoms with Crippen LogP contribution in [-0.4, -0.2) is 4.57 Å². The molecule has 9 aromatic carbocycles. The Balaban J connectivity index is 0.969. The zero-order valence-corrected chi connectivity index (χ0v) is 31.6. The number of para-hydroxylation sites is 4. The van der Waals surface area contributed by atoms with E-state index in [4.69, 9.17) is 13.3 Å². The number of furan rings is 3. The lowest BCUT2D eigenvalue weighted by Crippen LogP contribution is -2.10. The van der Waals surface area contributed by atoms with Gasteiger partial charge in [0.25, 0.3) is 0 Å². The zero-order valence-electron chi connectivity index (χ0n) is 31.6. The Labute approximate surface area is 337 Å². The highest BCUT2D eigenvalue weighted by atomic mass is 16.3. The minimum absolute atomic E-state index is 0.823. The molecule has 0 saturated heterocycles. The molecular weight excluding hydrogens is 725 g/mol. The molecule has 4 aromatic heterocycles. The number of anilines is 3. The summed E-state index contributed by atoms with van der Waals surface area (Å²) >= 11 is 0. The summed E-state index contributed by atoms with van der Waals surface area (Å²) in [6.45, 7) is 0. The third-order valence-corrected chi connectivity index (χ3v) is 12.0. The molecule has 0 spiro atoms. The Hall–Kier alpha value is -8.02. The molecule has 0 N–H and O–H groups in total. The third-order valence-electron chi connectivity index (χ3n) is 12.0. The number of benzene rings is 9. The van der Waals surface area contributed by atoms with E-state index in [0.29, 0.717) is 0 Å². The summed E-state index contributed by atoms with van der Waals surface area (Å²) in [5.41, 5.74) is 13.9. The Morgan fingerprint density at radius 2 is 0.864 bits per heavy atom. The van der Waals surface area contributed by atoms with Gasteiger partial charge in [0, 0.05) is 60.8 Å². The molecule has 0 saturated carbocycles. The maximum absolute atomic E-state index is 6.68. The van der Waals surface area contributed by atoms with Gasteiger partial charge in [0.1, 0.15) is 33.5 Å². The van der Waals surface area contributed by atoms with Crippen LogP contribution in [0.5, 0.6) is 0 Å². The van der Waals surface area contributed by atoms with E-state index in [1.165, 1.54) is 21.8 Å². The quantitative estimate of drug-likeness (QED) is 0.175. The van der Waals surface area contributed by atoms with Crippen LogP contribution in [0.15, 0.2) is 207 Å². The highest BCUT2D eigenvalue weighted by Gasteiger charge is 2.21. The van der Waals surface area contributed by atoms with Crippen LogP contribution in [0.1, 0.15) is 0 Å². The Kier molecular flexibility index (Phi) is 6.66. The molecule has 0 aliphatic rings. The first kappa shape index (κ1) is 32.1. The van der Waals surface area contributed by atoms with Crippen molar-refractivity contribution in [2.45, 2.75) is 0 Å². The topological polar surface area (TPSA) is 47.6 Å². The van der Waals surface area contributed by atoms with E-state index in [1.807, 2.05) is 30.3 Å². The molecule has 276 valence electrons. The van der Waals surface area contributed by atoms with E-state index in [-0.39, 0.29) is 0 Å². The third kappa shape index (κ3) is 4.79. The predicted octanol–water partition coefficient (Wildman–Crippen LogP) is 15.6. The van der Waals surface area contributed by atoms with E-state index in [2.05, 4.69) is 173 Å². The fraction of sp³-hybridized carbons (Fsp3) is 0. The SMILES string of the molecule is c1ccc2c(c1)oc1ccc(-c3ccc(N(c4ccc5c(c4)oc4ccc(-n6c7ccccc7c7ccccc76)cc45)c4cccc5oc6ccccc6c45)cc3)cc12. The molecule has 13 rings (SSSR count). The first-order chi connectivity index (χ1) is 29.2. The van der Waals surface area contributed by atoms with Crippen LogP contribution >= 0.6 is 0 Å². The average molecular weight is 757 g/mol. The average Bonchev–Trinajstić information content (AvgIpc) is 4.05. The monoisotopic (exact) mass is 756 g/mol. The largest absolute Gasteiger partial charge is 0.456 e. The van der Waals surface area contributed by atoms with Gasteiger partial charge in [-0.2, -0.15) is 0 Å². The number of aromatic nitrogens is 1. The van der Waals surface area contributed by atoms with Crippen molar-refractivity contribution in [3.63, 3.8) is 0 Å². The second-order valence-corrected chi connectivity index (χ2v) is 15.3. The van der Waals surface area contributed by atoms with Crippen molar-refractivity contribution < 1.29 is 13.3 Å². The van der Waals surface area contributed by atoms with Crippen LogP contribution in [-0.2, 0) is 0 Å². The second kappa shape index (κ2) is 12.2. The molecule has 0 unspecified atom stereocenters. The van der Waals surface area contributed by atoms with Crippen LogP contribution < -0.4 is 4.90 Å².